The number of benzene rings is 2. The molecular formula is C19H18ClN3O2. The fourth-order valence-electron chi connectivity index (χ4n) is 2.01. The summed E-state index contributed by atoms with van der Waals surface area (Å²) in [6.45, 7) is 3.60. The van der Waals surface area contributed by atoms with Crippen LogP contribution in [-0.4, -0.2) is 18.0 Å². The van der Waals surface area contributed by atoms with Crippen LogP contribution in [0.2, 0.25) is 5.02 Å². The average molecular weight is 356 g/mol. The van der Waals surface area contributed by atoms with E-state index in [1.165, 1.54) is 6.21 Å². The maximum absolute atomic E-state index is 11.9. The molecule has 0 saturated heterocycles. The molecule has 0 aliphatic carbocycles. The first-order valence-electron chi connectivity index (χ1n) is 7.60. The molecule has 2 rings (SSSR count). The molecule has 0 aliphatic heterocycles. The molecule has 2 aromatic rings. The molecule has 0 aliphatic rings. The normalized spacial score (nSPS) is 11.4. The number of carbonyl (C=O) groups is 2. The average Bonchev–Trinajstić information content (AvgIpc) is 2.59. The summed E-state index contributed by atoms with van der Waals surface area (Å²) in [5, 5.41) is 6.81. The minimum atomic E-state index is -0.858. The van der Waals surface area contributed by atoms with Crippen molar-refractivity contribution in [2.24, 2.45) is 5.10 Å². The summed E-state index contributed by atoms with van der Waals surface area (Å²) in [6, 6.07) is 14.8. The molecule has 0 heterocycles. The molecule has 128 valence electrons. The predicted molar refractivity (Wildman–Crippen MR) is 102 cm³/mol. The van der Waals surface area contributed by atoms with Crippen molar-refractivity contribution < 1.29 is 9.59 Å². The zero-order chi connectivity index (χ0) is 18.2. The first-order chi connectivity index (χ1) is 12.0. The van der Waals surface area contributed by atoms with Crippen molar-refractivity contribution in [3.63, 3.8) is 0 Å². The van der Waals surface area contributed by atoms with Gasteiger partial charge in [-0.25, -0.2) is 5.43 Å². The zero-order valence-electron chi connectivity index (χ0n) is 13.9. The molecule has 6 heteroatoms. The molecule has 0 radical (unpaired) electrons. The molecular weight excluding hydrogens is 338 g/mol. The van der Waals surface area contributed by atoms with Gasteiger partial charge in [0.15, 0.2) is 0 Å². The van der Waals surface area contributed by atoms with Gasteiger partial charge in [-0.05, 0) is 42.7 Å². The molecule has 0 bridgehead atoms. The number of carbonyl (C=O) groups excluding carboxylic acids is 2. The molecule has 0 spiro atoms. The Labute approximate surface area is 151 Å². The Morgan fingerprint density at radius 3 is 2.48 bits per heavy atom. The first kappa shape index (κ1) is 18.4. The van der Waals surface area contributed by atoms with Crippen LogP contribution in [0, 0.1) is 6.92 Å². The summed E-state index contributed by atoms with van der Waals surface area (Å²) in [4.78, 5) is 23.7. The molecule has 2 amide bonds. The van der Waals surface area contributed by atoms with E-state index in [-0.39, 0.29) is 0 Å². The number of rotatable bonds is 4. The quantitative estimate of drug-likeness (QED) is 0.497. The summed E-state index contributed by atoms with van der Waals surface area (Å²) < 4.78 is 0. The van der Waals surface area contributed by atoms with Crippen molar-refractivity contribution >= 4 is 41.4 Å². The van der Waals surface area contributed by atoms with Gasteiger partial charge in [0, 0.05) is 10.7 Å². The summed E-state index contributed by atoms with van der Waals surface area (Å²) >= 11 is 5.98. The maximum atomic E-state index is 11.9. The molecule has 0 atom stereocenters. The van der Waals surface area contributed by atoms with Crippen molar-refractivity contribution in [3.05, 3.63) is 70.3 Å². The van der Waals surface area contributed by atoms with Gasteiger partial charge in [-0.1, -0.05) is 54.1 Å². The molecule has 0 fully saturated rings. The lowest BCUT2D eigenvalue weighted by molar-refractivity contribution is -0.136. The molecule has 5 nitrogen and oxygen atoms in total. The second kappa shape index (κ2) is 8.80. The Bertz CT molecular complexity index is 830. The van der Waals surface area contributed by atoms with Gasteiger partial charge in [-0.3, -0.25) is 9.59 Å². The Morgan fingerprint density at radius 1 is 1.04 bits per heavy atom. The summed E-state index contributed by atoms with van der Waals surface area (Å²) in [5.74, 6) is -1.67. The van der Waals surface area contributed by atoms with Gasteiger partial charge in [0.1, 0.15) is 0 Å². The molecule has 0 saturated carbocycles. The third-order valence-electron chi connectivity index (χ3n) is 3.35. The van der Waals surface area contributed by atoms with E-state index in [4.69, 9.17) is 11.6 Å². The Balaban J connectivity index is 1.92. The molecule has 2 N–H and O–H groups in total. The first-order valence-corrected chi connectivity index (χ1v) is 7.98. The van der Waals surface area contributed by atoms with Crippen LogP contribution in [0.25, 0.3) is 6.08 Å². The standard InChI is InChI=1S/C19H18ClN3O2/c1-13(11-15-7-4-3-5-8-15)12-21-23-19(25)18(24)22-17-10-6-9-16(20)14(17)2/h3-12H,1-2H3,(H,22,24)(H,23,25)/b13-11-,21-12+. The number of anilines is 1. The molecule has 25 heavy (non-hydrogen) atoms. The van der Waals surface area contributed by atoms with Crippen LogP contribution in [0.15, 0.2) is 59.2 Å². The van der Waals surface area contributed by atoms with E-state index in [1.54, 1.807) is 25.1 Å². The Kier molecular flexibility index (Phi) is 6.48. The zero-order valence-corrected chi connectivity index (χ0v) is 14.7. The van der Waals surface area contributed by atoms with E-state index in [2.05, 4.69) is 15.8 Å². The Morgan fingerprint density at radius 2 is 1.76 bits per heavy atom. The van der Waals surface area contributed by atoms with Crippen LogP contribution in [0.5, 0.6) is 0 Å². The fourth-order valence-corrected chi connectivity index (χ4v) is 2.19. The van der Waals surface area contributed by atoms with Crippen LogP contribution in [0.3, 0.4) is 0 Å². The second-order valence-electron chi connectivity index (χ2n) is 5.36. The lowest BCUT2D eigenvalue weighted by Gasteiger charge is -2.08. The van der Waals surface area contributed by atoms with Gasteiger partial charge >= 0.3 is 11.8 Å². The number of amides is 2. The largest absolute Gasteiger partial charge is 0.329 e. The van der Waals surface area contributed by atoms with Crippen LogP contribution >= 0.6 is 11.6 Å². The summed E-state index contributed by atoms with van der Waals surface area (Å²) in [5.41, 5.74) is 5.22. The van der Waals surface area contributed by atoms with E-state index in [1.807, 2.05) is 43.3 Å². The van der Waals surface area contributed by atoms with Crippen LogP contribution in [0.4, 0.5) is 5.69 Å². The fraction of sp³-hybridized carbons (Fsp3) is 0.105. The minimum Gasteiger partial charge on any atom is -0.317 e. The highest BCUT2D eigenvalue weighted by Gasteiger charge is 2.14. The van der Waals surface area contributed by atoms with Crippen molar-refractivity contribution in [2.45, 2.75) is 13.8 Å². The highest BCUT2D eigenvalue weighted by Crippen LogP contribution is 2.22. The lowest BCUT2D eigenvalue weighted by Crippen LogP contribution is -2.32. The molecule has 2 aromatic carbocycles. The van der Waals surface area contributed by atoms with E-state index >= 15 is 0 Å². The topological polar surface area (TPSA) is 70.6 Å². The number of hydrogen-bond donors (Lipinski definition) is 2. The van der Waals surface area contributed by atoms with Gasteiger partial charge in [0.2, 0.25) is 0 Å². The lowest BCUT2D eigenvalue weighted by atomic mass is 10.1. The number of allylic oxidation sites excluding steroid dienone is 1. The van der Waals surface area contributed by atoms with Crippen LogP contribution in [-0.2, 0) is 9.59 Å². The van der Waals surface area contributed by atoms with E-state index in [9.17, 15) is 9.59 Å². The summed E-state index contributed by atoms with van der Waals surface area (Å²) in [7, 11) is 0. The van der Waals surface area contributed by atoms with Gasteiger partial charge in [-0.15, -0.1) is 0 Å². The van der Waals surface area contributed by atoms with Crippen LogP contribution in [0.1, 0.15) is 18.1 Å². The highest BCUT2D eigenvalue weighted by atomic mass is 35.5. The number of hydrogen-bond acceptors (Lipinski definition) is 3. The van der Waals surface area contributed by atoms with Crippen molar-refractivity contribution in [1.29, 1.82) is 0 Å². The molecule has 0 unspecified atom stereocenters. The van der Waals surface area contributed by atoms with Crippen LogP contribution < -0.4 is 10.7 Å². The van der Waals surface area contributed by atoms with Gasteiger partial charge in [0.05, 0.1) is 6.21 Å². The van der Waals surface area contributed by atoms with Crippen molar-refractivity contribution in [3.8, 4) is 0 Å². The van der Waals surface area contributed by atoms with Gasteiger partial charge < -0.3 is 5.32 Å². The Hall–Kier alpha value is -2.92. The smallest absolute Gasteiger partial charge is 0.317 e. The number of nitrogens with one attached hydrogen (secondary N) is 2. The maximum Gasteiger partial charge on any atom is 0.329 e. The van der Waals surface area contributed by atoms with Gasteiger partial charge in [-0.2, -0.15) is 5.10 Å². The minimum absolute atomic E-state index is 0.483. The van der Waals surface area contributed by atoms with E-state index in [0.717, 1.165) is 11.1 Å². The predicted octanol–water partition coefficient (Wildman–Crippen LogP) is 3.79. The number of halogens is 1. The molecule has 0 aromatic heterocycles. The van der Waals surface area contributed by atoms with Gasteiger partial charge in [0.25, 0.3) is 0 Å². The van der Waals surface area contributed by atoms with E-state index < -0.39 is 11.8 Å². The SMILES string of the molecule is CC(=C/c1ccccc1)/C=N/NC(=O)C(=O)Nc1cccc(Cl)c1C. The number of nitrogens with zero attached hydrogens (tertiary/aromatic N) is 1. The van der Waals surface area contributed by atoms with Crippen molar-refractivity contribution in [1.82, 2.24) is 5.43 Å². The third-order valence-corrected chi connectivity index (χ3v) is 3.76. The highest BCUT2D eigenvalue weighted by molar-refractivity contribution is 6.40. The van der Waals surface area contributed by atoms with E-state index in [0.29, 0.717) is 16.3 Å². The summed E-state index contributed by atoms with van der Waals surface area (Å²) in [6.07, 6.45) is 3.38. The monoisotopic (exact) mass is 355 g/mol. The van der Waals surface area contributed by atoms with Crippen molar-refractivity contribution in [2.75, 3.05) is 5.32 Å². The second-order valence-corrected chi connectivity index (χ2v) is 5.77. The number of hydrazone groups is 1. The third kappa shape index (κ3) is 5.58.